The van der Waals surface area contributed by atoms with Crippen molar-refractivity contribution >= 4 is 23.4 Å². The number of Topliss-reactive ketones (excluding diaryl/α,β-unsaturated/α-hetero) is 1. The van der Waals surface area contributed by atoms with Gasteiger partial charge in [-0.2, -0.15) is 0 Å². The van der Waals surface area contributed by atoms with Crippen LogP contribution in [0.2, 0.25) is 0 Å². The van der Waals surface area contributed by atoms with Gasteiger partial charge in [0.05, 0.1) is 5.56 Å². The molecule has 0 saturated heterocycles. The molecule has 2 aliphatic rings. The van der Waals surface area contributed by atoms with E-state index in [1.165, 1.54) is 36.0 Å². The number of halogens is 2. The Morgan fingerprint density at radius 1 is 1.06 bits per heavy atom. The molecule has 5 nitrogen and oxygen atoms in total. The average Bonchev–Trinajstić information content (AvgIpc) is 2.76. The van der Waals surface area contributed by atoms with E-state index < -0.39 is 5.92 Å². The van der Waals surface area contributed by atoms with Crippen LogP contribution in [0.15, 0.2) is 69.8 Å². The predicted octanol–water partition coefficient (Wildman–Crippen LogP) is 5.54. The minimum atomic E-state index is -0.631. The fourth-order valence-electron chi connectivity index (χ4n) is 4.73. The van der Waals surface area contributed by atoms with Crippen LogP contribution >= 0.6 is 11.8 Å². The summed E-state index contributed by atoms with van der Waals surface area (Å²) in [4.78, 5) is 34.0. The molecular weight excluding hydrogens is 456 g/mol. The molecule has 2 N–H and O–H groups in total. The number of aromatic nitrogens is 2. The molecule has 1 unspecified atom stereocenters. The Balaban J connectivity index is 1.58. The largest absolute Gasteiger partial charge is 0.343 e. The summed E-state index contributed by atoms with van der Waals surface area (Å²) in [6, 6.07) is 12.2. The van der Waals surface area contributed by atoms with Gasteiger partial charge in [-0.1, -0.05) is 49.9 Å². The Hall–Kier alpha value is -3.26. The summed E-state index contributed by atoms with van der Waals surface area (Å²) in [7, 11) is 0. The highest BCUT2D eigenvalue weighted by molar-refractivity contribution is 7.98. The smallest absolute Gasteiger partial charge is 0.257 e. The van der Waals surface area contributed by atoms with Crippen molar-refractivity contribution in [2.75, 3.05) is 5.32 Å². The Morgan fingerprint density at radius 3 is 2.56 bits per heavy atom. The number of rotatable bonds is 4. The number of hydrogen-bond donors (Lipinski definition) is 2. The summed E-state index contributed by atoms with van der Waals surface area (Å²) in [6.07, 6.45) is 0.999. The Kier molecular flexibility index (Phi) is 5.64. The first kappa shape index (κ1) is 22.5. The van der Waals surface area contributed by atoms with Crippen molar-refractivity contribution in [2.24, 2.45) is 5.41 Å². The maximum atomic E-state index is 13.6. The molecule has 3 aromatic rings. The quantitative estimate of drug-likeness (QED) is 0.380. The van der Waals surface area contributed by atoms with Gasteiger partial charge in [0.15, 0.2) is 10.9 Å². The summed E-state index contributed by atoms with van der Waals surface area (Å²) in [6.45, 7) is 4.06. The molecule has 0 fully saturated rings. The van der Waals surface area contributed by atoms with E-state index >= 15 is 0 Å². The second-order valence-electron chi connectivity index (χ2n) is 9.49. The number of carbonyl (C=O) groups is 1. The lowest BCUT2D eigenvalue weighted by Gasteiger charge is -2.38. The van der Waals surface area contributed by atoms with Gasteiger partial charge in [-0.3, -0.25) is 9.59 Å². The molecule has 1 aliphatic heterocycles. The molecule has 0 amide bonds. The van der Waals surface area contributed by atoms with E-state index in [1.54, 1.807) is 18.2 Å². The Labute approximate surface area is 199 Å². The van der Waals surface area contributed by atoms with Crippen molar-refractivity contribution in [3.8, 4) is 0 Å². The molecule has 34 heavy (non-hydrogen) atoms. The third kappa shape index (κ3) is 4.30. The van der Waals surface area contributed by atoms with E-state index in [4.69, 9.17) is 0 Å². The number of H-pyrrole nitrogens is 1. The Morgan fingerprint density at radius 2 is 1.82 bits per heavy atom. The van der Waals surface area contributed by atoms with Crippen LogP contribution in [0.1, 0.15) is 49.3 Å². The Bertz CT molecular complexity index is 1380. The maximum absolute atomic E-state index is 13.6. The SMILES string of the molecule is CC1(C)CC(=O)C2=C(C1)Nc1nc(SCc3cccc(F)c3)[nH]c(=O)c1C2c1ccc(F)cc1. The molecule has 0 radical (unpaired) electrons. The fraction of sp³-hybridized carbons (Fsp3) is 0.269. The molecule has 1 aliphatic carbocycles. The highest BCUT2D eigenvalue weighted by atomic mass is 32.2. The van der Waals surface area contributed by atoms with E-state index in [-0.39, 0.29) is 28.4 Å². The maximum Gasteiger partial charge on any atom is 0.257 e. The van der Waals surface area contributed by atoms with Crippen LogP contribution in [0.25, 0.3) is 0 Å². The molecule has 0 bridgehead atoms. The third-order valence-electron chi connectivity index (χ3n) is 6.17. The van der Waals surface area contributed by atoms with E-state index in [9.17, 15) is 18.4 Å². The van der Waals surface area contributed by atoms with Crippen LogP contribution in [0.3, 0.4) is 0 Å². The fourth-order valence-corrected chi connectivity index (χ4v) is 5.53. The average molecular weight is 480 g/mol. The third-order valence-corrected chi connectivity index (χ3v) is 7.11. The number of aromatic amines is 1. The van der Waals surface area contributed by atoms with Gasteiger partial charge < -0.3 is 10.3 Å². The molecule has 1 aromatic heterocycles. The van der Waals surface area contributed by atoms with Crippen molar-refractivity contribution in [2.45, 2.75) is 43.5 Å². The minimum absolute atomic E-state index is 0.0253. The molecule has 1 atom stereocenters. The number of fused-ring (bicyclic) bond motifs is 1. The van der Waals surface area contributed by atoms with Gasteiger partial charge in [-0.15, -0.1) is 0 Å². The van der Waals surface area contributed by atoms with Crippen molar-refractivity contribution in [3.05, 3.63) is 98.5 Å². The molecule has 2 heterocycles. The first-order chi connectivity index (χ1) is 16.2. The number of carbonyl (C=O) groups excluding carboxylic acids is 1. The number of hydrogen-bond acceptors (Lipinski definition) is 5. The van der Waals surface area contributed by atoms with Gasteiger partial charge in [-0.05, 0) is 47.2 Å². The zero-order chi connectivity index (χ0) is 24.0. The zero-order valence-corrected chi connectivity index (χ0v) is 19.6. The first-order valence-corrected chi connectivity index (χ1v) is 12.0. The van der Waals surface area contributed by atoms with Gasteiger partial charge in [0.25, 0.3) is 5.56 Å². The van der Waals surface area contributed by atoms with Crippen LogP contribution < -0.4 is 10.9 Å². The molecule has 174 valence electrons. The molecule has 8 heteroatoms. The summed E-state index contributed by atoms with van der Waals surface area (Å²) in [5.74, 6) is -0.543. The van der Waals surface area contributed by atoms with Crippen LogP contribution in [0.5, 0.6) is 0 Å². The molecule has 5 rings (SSSR count). The van der Waals surface area contributed by atoms with Crippen LogP contribution in [-0.4, -0.2) is 15.8 Å². The van der Waals surface area contributed by atoms with Gasteiger partial charge in [-0.25, -0.2) is 13.8 Å². The van der Waals surface area contributed by atoms with Crippen molar-refractivity contribution in [3.63, 3.8) is 0 Å². The summed E-state index contributed by atoms with van der Waals surface area (Å²) in [5, 5.41) is 3.66. The van der Waals surface area contributed by atoms with Gasteiger partial charge in [0.2, 0.25) is 0 Å². The van der Waals surface area contributed by atoms with Crippen molar-refractivity contribution in [1.82, 2.24) is 9.97 Å². The number of anilines is 1. The number of nitrogens with one attached hydrogen (secondary N) is 2. The van der Waals surface area contributed by atoms with E-state index in [1.807, 2.05) is 19.9 Å². The van der Waals surface area contributed by atoms with Gasteiger partial charge >= 0.3 is 0 Å². The number of benzene rings is 2. The number of ketones is 1. The second-order valence-corrected chi connectivity index (χ2v) is 10.5. The minimum Gasteiger partial charge on any atom is -0.343 e. The first-order valence-electron chi connectivity index (χ1n) is 11.0. The summed E-state index contributed by atoms with van der Waals surface area (Å²) < 4.78 is 27.2. The zero-order valence-electron chi connectivity index (χ0n) is 18.7. The highest BCUT2D eigenvalue weighted by Gasteiger charge is 2.42. The van der Waals surface area contributed by atoms with Crippen molar-refractivity contribution in [1.29, 1.82) is 0 Å². The van der Waals surface area contributed by atoms with Crippen LogP contribution in [-0.2, 0) is 10.5 Å². The van der Waals surface area contributed by atoms with Gasteiger partial charge in [0, 0.05) is 29.4 Å². The van der Waals surface area contributed by atoms with E-state index in [2.05, 4.69) is 15.3 Å². The standard InChI is InChI=1S/C26H23F2N3O2S/c1-26(2)11-18-21(19(32)12-26)20(15-6-8-16(27)9-7-15)22-23(29-18)30-25(31-24(22)33)34-13-14-4-3-5-17(28)10-14/h3-10,20H,11-13H2,1-2H3,(H2,29,30,31,33). The molecule has 0 spiro atoms. The van der Waals surface area contributed by atoms with E-state index in [0.717, 1.165) is 11.3 Å². The lowest BCUT2D eigenvalue weighted by atomic mass is 9.69. The van der Waals surface area contributed by atoms with Crippen LogP contribution in [0.4, 0.5) is 14.6 Å². The number of thioether (sulfide) groups is 1. The lowest BCUT2D eigenvalue weighted by molar-refractivity contribution is -0.118. The summed E-state index contributed by atoms with van der Waals surface area (Å²) >= 11 is 1.29. The summed E-state index contributed by atoms with van der Waals surface area (Å²) in [5.41, 5.74) is 2.48. The number of nitrogens with zero attached hydrogens (tertiary/aromatic N) is 1. The number of allylic oxidation sites excluding steroid dienone is 2. The van der Waals surface area contributed by atoms with E-state index in [0.29, 0.717) is 46.3 Å². The monoisotopic (exact) mass is 479 g/mol. The molecule has 2 aromatic carbocycles. The molecule has 0 saturated carbocycles. The van der Waals surface area contributed by atoms with Crippen LogP contribution in [0, 0.1) is 17.0 Å². The van der Waals surface area contributed by atoms with Crippen molar-refractivity contribution < 1.29 is 13.6 Å². The highest BCUT2D eigenvalue weighted by Crippen LogP contribution is 2.47. The predicted molar refractivity (Wildman–Crippen MR) is 128 cm³/mol. The normalized spacial score (nSPS) is 18.8. The lowest BCUT2D eigenvalue weighted by Crippen LogP contribution is -2.37. The topological polar surface area (TPSA) is 74.8 Å². The molecular formula is C26H23F2N3O2S. The second kappa shape index (κ2) is 8.51. The van der Waals surface area contributed by atoms with Gasteiger partial charge in [0.1, 0.15) is 17.5 Å².